The fourth-order valence-corrected chi connectivity index (χ4v) is 6.72. The lowest BCUT2D eigenvalue weighted by Gasteiger charge is -2.34. The minimum Gasteiger partial charge on any atom is -0.369 e. The zero-order valence-corrected chi connectivity index (χ0v) is 25.3. The first kappa shape index (κ1) is 29.2. The van der Waals surface area contributed by atoms with Crippen LogP contribution in [0.5, 0.6) is 0 Å². The molecule has 0 aliphatic carbocycles. The van der Waals surface area contributed by atoms with E-state index in [4.69, 9.17) is 0 Å². The lowest BCUT2D eigenvalue weighted by atomic mass is 9.99. The van der Waals surface area contributed by atoms with Gasteiger partial charge in [0.05, 0.1) is 10.5 Å². The predicted molar refractivity (Wildman–Crippen MR) is 175 cm³/mol. The highest BCUT2D eigenvalue weighted by molar-refractivity contribution is 7.92. The molecule has 9 nitrogen and oxygen atoms in total. The molecule has 2 heterocycles. The number of benzene rings is 4. The van der Waals surface area contributed by atoms with Crippen molar-refractivity contribution in [1.82, 2.24) is 4.90 Å². The van der Waals surface area contributed by atoms with Crippen molar-refractivity contribution in [1.29, 1.82) is 0 Å². The van der Waals surface area contributed by atoms with Crippen LogP contribution in [0.2, 0.25) is 0 Å². The van der Waals surface area contributed by atoms with E-state index in [9.17, 15) is 18.0 Å². The van der Waals surface area contributed by atoms with Crippen molar-refractivity contribution >= 4 is 50.0 Å². The molecule has 1 fully saturated rings. The first-order valence-corrected chi connectivity index (χ1v) is 15.9. The lowest BCUT2D eigenvalue weighted by molar-refractivity contribution is -0.110. The topological polar surface area (TPSA) is 111 Å². The highest BCUT2D eigenvalue weighted by Crippen LogP contribution is 2.33. The third-order valence-corrected chi connectivity index (χ3v) is 9.49. The zero-order valence-electron chi connectivity index (χ0n) is 24.5. The maximum atomic E-state index is 13.4. The van der Waals surface area contributed by atoms with Gasteiger partial charge in [-0.15, -0.1) is 0 Å². The number of likely N-dealkylation sites (N-methyl/N-ethyl adjacent to an activating group) is 1. The number of nitrogens with one attached hydrogen (secondary N) is 3. The van der Waals surface area contributed by atoms with Crippen molar-refractivity contribution in [3.63, 3.8) is 0 Å². The van der Waals surface area contributed by atoms with Crippen LogP contribution in [-0.2, 0) is 14.8 Å². The van der Waals surface area contributed by atoms with E-state index in [0.717, 1.165) is 31.9 Å². The fourth-order valence-electron chi connectivity index (χ4n) is 5.43. The number of aryl methyl sites for hydroxylation is 1. The number of sulfonamides is 1. The zero-order chi connectivity index (χ0) is 30.8. The molecule has 0 radical (unpaired) electrons. The Morgan fingerprint density at radius 1 is 0.841 bits per heavy atom. The number of fused-ring (bicyclic) bond motifs is 1. The molecule has 0 spiro atoms. The maximum absolute atomic E-state index is 13.4. The van der Waals surface area contributed by atoms with Crippen LogP contribution >= 0.6 is 0 Å². The highest BCUT2D eigenvalue weighted by Gasteiger charge is 2.26. The van der Waals surface area contributed by atoms with E-state index in [1.807, 2.05) is 12.1 Å². The molecule has 0 saturated carbocycles. The van der Waals surface area contributed by atoms with Gasteiger partial charge in [-0.3, -0.25) is 14.3 Å². The molecule has 1 saturated heterocycles. The van der Waals surface area contributed by atoms with E-state index >= 15 is 0 Å². The number of amides is 1. The van der Waals surface area contributed by atoms with Crippen LogP contribution in [0, 0.1) is 6.92 Å². The molecule has 2 aliphatic heterocycles. The number of carbonyl (C=O) groups is 2. The van der Waals surface area contributed by atoms with Gasteiger partial charge in [-0.2, -0.15) is 0 Å². The van der Waals surface area contributed by atoms with Crippen LogP contribution in [-0.4, -0.2) is 58.2 Å². The summed E-state index contributed by atoms with van der Waals surface area (Å²) >= 11 is 0. The van der Waals surface area contributed by atoms with Crippen molar-refractivity contribution in [3.8, 4) is 0 Å². The first-order chi connectivity index (χ1) is 21.2. The normalized spacial score (nSPS) is 16.0. The van der Waals surface area contributed by atoms with E-state index in [2.05, 4.69) is 44.3 Å². The fraction of sp³-hybridized carbons (Fsp3) is 0.176. The summed E-state index contributed by atoms with van der Waals surface area (Å²) in [7, 11) is -1.70. The Balaban J connectivity index is 1.16. The average molecular weight is 608 g/mol. The highest BCUT2D eigenvalue weighted by atomic mass is 32.2. The molecule has 4 aromatic rings. The molecule has 0 unspecified atom stereocenters. The SMILES string of the molecule is Cc1ccccc1S(=O)(=O)Nc1cccc(C(=O)c2ccc3c(c2)NC(=O)/C3=C/Nc2ccc(N3CCN(C)CC3)cc2)c1. The second-order valence-corrected chi connectivity index (χ2v) is 12.7. The van der Waals surface area contributed by atoms with Crippen LogP contribution in [0.15, 0.2) is 102 Å². The summed E-state index contributed by atoms with van der Waals surface area (Å²) in [5, 5.41) is 6.08. The quantitative estimate of drug-likeness (QED) is 0.187. The molecule has 224 valence electrons. The van der Waals surface area contributed by atoms with Gasteiger partial charge in [0.2, 0.25) is 0 Å². The summed E-state index contributed by atoms with van der Waals surface area (Å²) < 4.78 is 28.5. The molecule has 0 atom stereocenters. The summed E-state index contributed by atoms with van der Waals surface area (Å²) in [5.74, 6) is -0.561. The minimum atomic E-state index is -3.83. The summed E-state index contributed by atoms with van der Waals surface area (Å²) in [6.07, 6.45) is 1.68. The van der Waals surface area contributed by atoms with Gasteiger partial charge in [-0.05, 0) is 68.1 Å². The third kappa shape index (κ3) is 6.08. The monoisotopic (exact) mass is 607 g/mol. The molecular weight excluding hydrogens is 574 g/mol. The van der Waals surface area contributed by atoms with Crippen molar-refractivity contribution in [3.05, 3.63) is 119 Å². The number of piperazine rings is 1. The number of hydrogen-bond acceptors (Lipinski definition) is 7. The number of ketones is 1. The molecule has 0 bridgehead atoms. The van der Waals surface area contributed by atoms with Gasteiger partial charge < -0.3 is 20.4 Å². The Morgan fingerprint density at radius 2 is 1.57 bits per heavy atom. The number of carbonyl (C=O) groups excluding carboxylic acids is 2. The van der Waals surface area contributed by atoms with E-state index in [1.165, 1.54) is 17.8 Å². The molecule has 1 amide bonds. The summed E-state index contributed by atoms with van der Waals surface area (Å²) in [4.78, 5) is 31.1. The molecule has 10 heteroatoms. The van der Waals surface area contributed by atoms with Crippen molar-refractivity contribution < 1.29 is 18.0 Å². The summed E-state index contributed by atoms with van der Waals surface area (Å²) in [6, 6.07) is 26.3. The number of hydrogen-bond donors (Lipinski definition) is 3. The van der Waals surface area contributed by atoms with Gasteiger partial charge in [0.15, 0.2) is 5.78 Å². The van der Waals surface area contributed by atoms with E-state index in [1.54, 1.807) is 67.7 Å². The van der Waals surface area contributed by atoms with Gasteiger partial charge in [0.1, 0.15) is 0 Å². The standard InChI is InChI=1S/C34H33N5O4S/c1-23-6-3-4-9-32(23)44(42,43)37-27-8-5-7-24(20-27)33(40)25-10-15-29-30(34(41)36-31(29)21-25)22-35-26-11-13-28(14-12-26)39-18-16-38(2)17-19-39/h3-15,20-22,35,37H,16-19H2,1-2H3,(H,36,41)/b30-22+. The van der Waals surface area contributed by atoms with Gasteiger partial charge in [-0.25, -0.2) is 8.42 Å². The van der Waals surface area contributed by atoms with E-state index in [0.29, 0.717) is 33.5 Å². The minimum absolute atomic E-state index is 0.173. The Bertz CT molecular complexity index is 1880. The molecular formula is C34H33N5O4S. The van der Waals surface area contributed by atoms with Gasteiger partial charge >= 0.3 is 0 Å². The van der Waals surface area contributed by atoms with Crippen LogP contribution < -0.4 is 20.3 Å². The van der Waals surface area contributed by atoms with Crippen molar-refractivity contribution in [2.75, 3.05) is 53.5 Å². The van der Waals surface area contributed by atoms with Crippen molar-refractivity contribution in [2.24, 2.45) is 0 Å². The van der Waals surface area contributed by atoms with Crippen molar-refractivity contribution in [2.45, 2.75) is 11.8 Å². The first-order valence-electron chi connectivity index (χ1n) is 14.4. The van der Waals surface area contributed by atoms with E-state index < -0.39 is 10.0 Å². The van der Waals surface area contributed by atoms with Crippen LogP contribution in [0.4, 0.5) is 22.7 Å². The third-order valence-electron chi connectivity index (χ3n) is 7.94. The number of nitrogens with zero attached hydrogens (tertiary/aromatic N) is 2. The molecule has 2 aliphatic rings. The molecule has 3 N–H and O–H groups in total. The number of anilines is 4. The maximum Gasteiger partial charge on any atom is 0.262 e. The molecule has 44 heavy (non-hydrogen) atoms. The van der Waals surface area contributed by atoms with Crippen LogP contribution in [0.25, 0.3) is 5.57 Å². The Kier molecular flexibility index (Phi) is 7.94. The number of rotatable bonds is 8. The molecule has 6 rings (SSSR count). The predicted octanol–water partition coefficient (Wildman–Crippen LogP) is 5.18. The van der Waals surface area contributed by atoms with Crippen LogP contribution in [0.1, 0.15) is 27.0 Å². The Morgan fingerprint density at radius 3 is 2.32 bits per heavy atom. The Labute approximate surface area is 257 Å². The van der Waals surface area contributed by atoms with Gasteiger partial charge in [0, 0.05) is 71.8 Å². The largest absolute Gasteiger partial charge is 0.369 e. The summed E-state index contributed by atoms with van der Waals surface area (Å²) in [6.45, 7) is 5.79. The second-order valence-electron chi connectivity index (χ2n) is 11.0. The Hall–Kier alpha value is -4.93. The van der Waals surface area contributed by atoms with E-state index in [-0.39, 0.29) is 22.3 Å². The van der Waals surface area contributed by atoms with Gasteiger partial charge in [0.25, 0.3) is 15.9 Å². The second kappa shape index (κ2) is 12.0. The molecule has 4 aromatic carbocycles. The smallest absolute Gasteiger partial charge is 0.262 e. The van der Waals surface area contributed by atoms with Gasteiger partial charge in [-0.1, -0.05) is 42.5 Å². The van der Waals surface area contributed by atoms with Crippen LogP contribution in [0.3, 0.4) is 0 Å². The summed E-state index contributed by atoms with van der Waals surface area (Å²) in [5.41, 5.74) is 5.32. The lowest BCUT2D eigenvalue weighted by Crippen LogP contribution is -2.44. The molecule has 0 aromatic heterocycles. The average Bonchev–Trinajstić information content (AvgIpc) is 3.34.